The number of carboxylic acid groups (broad SMARTS) is 1. The van der Waals surface area contributed by atoms with Crippen LogP contribution in [-0.4, -0.2) is 28.0 Å². The molecule has 0 aliphatic carbocycles. The first-order valence-electron chi connectivity index (χ1n) is 8.17. The molecule has 140 valence electrons. The molecule has 1 atom stereocenters. The molecule has 2 aromatic rings. The minimum atomic E-state index is -1.03. The van der Waals surface area contributed by atoms with E-state index in [0.29, 0.717) is 29.5 Å². The van der Waals surface area contributed by atoms with Crippen LogP contribution in [0.5, 0.6) is 5.75 Å². The molecular formula is C18H21ClN2O4S. The maximum Gasteiger partial charge on any atom is 0.326 e. The van der Waals surface area contributed by atoms with Gasteiger partial charge in [0.05, 0.1) is 12.1 Å². The lowest BCUT2D eigenvalue weighted by Gasteiger charge is -2.16. The molecule has 2 rings (SSSR count). The minimum absolute atomic E-state index is 0.0410. The number of ether oxygens (including phenoxy) is 1. The zero-order valence-corrected chi connectivity index (χ0v) is 16.1. The third-order valence-electron chi connectivity index (χ3n) is 3.46. The number of carbonyl (C=O) groups is 2. The van der Waals surface area contributed by atoms with E-state index in [1.165, 1.54) is 11.3 Å². The maximum atomic E-state index is 12.1. The first-order valence-corrected chi connectivity index (χ1v) is 9.43. The van der Waals surface area contributed by atoms with E-state index in [2.05, 4.69) is 10.3 Å². The summed E-state index contributed by atoms with van der Waals surface area (Å²) in [5, 5.41) is 14.9. The summed E-state index contributed by atoms with van der Waals surface area (Å²) in [6.07, 6.45) is 0.428. The van der Waals surface area contributed by atoms with Crippen molar-refractivity contribution in [2.45, 2.75) is 39.3 Å². The van der Waals surface area contributed by atoms with Gasteiger partial charge in [-0.15, -0.1) is 11.3 Å². The highest BCUT2D eigenvalue weighted by molar-refractivity contribution is 7.09. The third-order valence-corrected chi connectivity index (χ3v) is 4.58. The van der Waals surface area contributed by atoms with Gasteiger partial charge in [0.25, 0.3) is 0 Å². The molecule has 0 saturated heterocycles. The average molecular weight is 397 g/mol. The fraction of sp³-hybridized carbons (Fsp3) is 0.389. The van der Waals surface area contributed by atoms with Gasteiger partial charge in [-0.25, -0.2) is 9.78 Å². The summed E-state index contributed by atoms with van der Waals surface area (Å²) < 4.78 is 5.62. The number of carboxylic acids is 1. The summed E-state index contributed by atoms with van der Waals surface area (Å²) >= 11 is 7.21. The second kappa shape index (κ2) is 9.54. The lowest BCUT2D eigenvalue weighted by molar-refractivity contribution is -0.142. The Balaban J connectivity index is 1.85. The van der Waals surface area contributed by atoms with E-state index in [9.17, 15) is 14.7 Å². The van der Waals surface area contributed by atoms with Crippen molar-refractivity contribution in [1.82, 2.24) is 10.3 Å². The standard InChI is InChI=1S/C18H21ClN2O4S/c1-11(2)7-15(18(23)24)21-16(22)8-13-10-26-17(20-13)9-25-14-5-3-12(19)4-6-14/h3-6,10-11,15H,7-9H2,1-2H3,(H,21,22)(H,23,24)/t15-/m0/s1. The van der Waals surface area contributed by atoms with Crippen molar-refractivity contribution >= 4 is 34.8 Å². The highest BCUT2D eigenvalue weighted by atomic mass is 35.5. The molecule has 8 heteroatoms. The highest BCUT2D eigenvalue weighted by Gasteiger charge is 2.21. The zero-order valence-electron chi connectivity index (χ0n) is 14.6. The van der Waals surface area contributed by atoms with Crippen LogP contribution in [0.1, 0.15) is 31.0 Å². The predicted molar refractivity (Wildman–Crippen MR) is 101 cm³/mol. The van der Waals surface area contributed by atoms with E-state index in [-0.39, 0.29) is 18.2 Å². The summed E-state index contributed by atoms with van der Waals surface area (Å²) in [4.78, 5) is 27.6. The quantitative estimate of drug-likeness (QED) is 0.676. The number of amides is 1. The van der Waals surface area contributed by atoms with Crippen LogP contribution < -0.4 is 10.1 Å². The van der Waals surface area contributed by atoms with Crippen LogP contribution in [0.25, 0.3) is 0 Å². The van der Waals surface area contributed by atoms with Gasteiger partial charge in [-0.1, -0.05) is 25.4 Å². The Labute approximate surface area is 161 Å². The average Bonchev–Trinajstić information content (AvgIpc) is 3.00. The number of rotatable bonds is 9. The second-order valence-corrected chi connectivity index (χ2v) is 7.62. The number of benzene rings is 1. The van der Waals surface area contributed by atoms with Gasteiger partial charge in [-0.2, -0.15) is 0 Å². The lowest BCUT2D eigenvalue weighted by Crippen LogP contribution is -2.42. The first-order chi connectivity index (χ1) is 12.3. The molecule has 0 saturated carbocycles. The van der Waals surface area contributed by atoms with Crippen molar-refractivity contribution in [1.29, 1.82) is 0 Å². The molecular weight excluding hydrogens is 376 g/mol. The topological polar surface area (TPSA) is 88.5 Å². The van der Waals surface area contributed by atoms with Crippen LogP contribution in [-0.2, 0) is 22.6 Å². The van der Waals surface area contributed by atoms with Crippen molar-refractivity contribution in [3.63, 3.8) is 0 Å². The minimum Gasteiger partial charge on any atom is -0.486 e. The molecule has 1 aromatic heterocycles. The Kier molecular flexibility index (Phi) is 7.41. The number of halogens is 1. The summed E-state index contributed by atoms with van der Waals surface area (Å²) in [7, 11) is 0. The van der Waals surface area contributed by atoms with Crippen molar-refractivity contribution in [2.24, 2.45) is 5.92 Å². The Morgan fingerprint density at radius 3 is 2.62 bits per heavy atom. The zero-order chi connectivity index (χ0) is 19.1. The summed E-state index contributed by atoms with van der Waals surface area (Å²) in [5.41, 5.74) is 0.593. The van der Waals surface area contributed by atoms with Gasteiger partial charge in [0, 0.05) is 10.4 Å². The van der Waals surface area contributed by atoms with E-state index < -0.39 is 12.0 Å². The van der Waals surface area contributed by atoms with Crippen molar-refractivity contribution in [3.05, 3.63) is 45.4 Å². The smallest absolute Gasteiger partial charge is 0.326 e. The monoisotopic (exact) mass is 396 g/mol. The van der Waals surface area contributed by atoms with Crippen LogP contribution in [0, 0.1) is 5.92 Å². The SMILES string of the molecule is CC(C)C[C@H](NC(=O)Cc1csc(COc2ccc(Cl)cc2)n1)C(=O)O. The molecule has 0 fully saturated rings. The van der Waals surface area contributed by atoms with Crippen LogP contribution in [0.15, 0.2) is 29.6 Å². The number of carbonyl (C=O) groups excluding carboxylic acids is 1. The maximum absolute atomic E-state index is 12.1. The number of thiazole rings is 1. The number of nitrogens with zero attached hydrogens (tertiary/aromatic N) is 1. The van der Waals surface area contributed by atoms with Crippen LogP contribution in [0.4, 0.5) is 0 Å². The van der Waals surface area contributed by atoms with Gasteiger partial charge in [-0.3, -0.25) is 4.79 Å². The van der Waals surface area contributed by atoms with Gasteiger partial charge in [0.1, 0.15) is 23.4 Å². The number of nitrogens with one attached hydrogen (secondary N) is 1. The molecule has 1 heterocycles. The summed E-state index contributed by atoms with van der Waals surface area (Å²) in [5.74, 6) is -0.523. The van der Waals surface area contributed by atoms with E-state index >= 15 is 0 Å². The van der Waals surface area contributed by atoms with Gasteiger partial charge >= 0.3 is 5.97 Å². The number of aliphatic carboxylic acids is 1. The lowest BCUT2D eigenvalue weighted by atomic mass is 10.0. The van der Waals surface area contributed by atoms with E-state index in [1.54, 1.807) is 29.6 Å². The van der Waals surface area contributed by atoms with Crippen molar-refractivity contribution in [2.75, 3.05) is 0 Å². The normalized spacial score (nSPS) is 12.0. The Hall–Kier alpha value is -2.12. The summed E-state index contributed by atoms with van der Waals surface area (Å²) in [6, 6.07) is 6.14. The van der Waals surface area contributed by atoms with E-state index in [0.717, 1.165) is 5.01 Å². The Morgan fingerprint density at radius 2 is 2.00 bits per heavy atom. The van der Waals surface area contributed by atoms with Gasteiger partial charge in [0.15, 0.2) is 0 Å². The largest absolute Gasteiger partial charge is 0.486 e. The molecule has 1 amide bonds. The van der Waals surface area contributed by atoms with Gasteiger partial charge in [0.2, 0.25) is 5.91 Å². The van der Waals surface area contributed by atoms with Gasteiger partial charge < -0.3 is 15.2 Å². The molecule has 0 spiro atoms. The number of aromatic nitrogens is 1. The molecule has 0 unspecified atom stereocenters. The Bertz CT molecular complexity index is 746. The van der Waals surface area contributed by atoms with E-state index in [1.807, 2.05) is 13.8 Å². The third kappa shape index (κ3) is 6.65. The second-order valence-electron chi connectivity index (χ2n) is 6.24. The van der Waals surface area contributed by atoms with Gasteiger partial charge in [-0.05, 0) is 36.6 Å². The van der Waals surface area contributed by atoms with Crippen LogP contribution in [0.3, 0.4) is 0 Å². The highest BCUT2D eigenvalue weighted by Crippen LogP contribution is 2.18. The van der Waals surface area contributed by atoms with Crippen LogP contribution >= 0.6 is 22.9 Å². The molecule has 0 radical (unpaired) electrons. The fourth-order valence-electron chi connectivity index (χ4n) is 2.28. The summed E-state index contributed by atoms with van der Waals surface area (Å²) in [6.45, 7) is 4.12. The van der Waals surface area contributed by atoms with Crippen LogP contribution in [0.2, 0.25) is 5.02 Å². The Morgan fingerprint density at radius 1 is 1.31 bits per heavy atom. The molecule has 0 bridgehead atoms. The molecule has 0 aliphatic rings. The number of hydrogen-bond donors (Lipinski definition) is 2. The van der Waals surface area contributed by atoms with Crippen molar-refractivity contribution < 1.29 is 19.4 Å². The molecule has 26 heavy (non-hydrogen) atoms. The van der Waals surface area contributed by atoms with E-state index in [4.69, 9.17) is 16.3 Å². The molecule has 6 nitrogen and oxygen atoms in total. The number of hydrogen-bond acceptors (Lipinski definition) is 5. The first kappa shape index (κ1) is 20.2. The fourth-order valence-corrected chi connectivity index (χ4v) is 3.11. The van der Waals surface area contributed by atoms with Crippen molar-refractivity contribution in [3.8, 4) is 5.75 Å². The molecule has 0 aliphatic heterocycles. The predicted octanol–water partition coefficient (Wildman–Crippen LogP) is 3.53. The molecule has 2 N–H and O–H groups in total. The molecule has 1 aromatic carbocycles.